The Hall–Kier alpha value is -1.43. The monoisotopic (exact) mass is 217 g/mol. The molecule has 0 unspecified atom stereocenters. The molecule has 1 N–H and O–H groups in total. The van der Waals surface area contributed by atoms with Crippen molar-refractivity contribution in [3.63, 3.8) is 0 Å². The van der Waals surface area contributed by atoms with Crippen LogP contribution in [0.5, 0.6) is 0 Å². The summed E-state index contributed by atoms with van der Waals surface area (Å²) in [6, 6.07) is 1.36. The summed E-state index contributed by atoms with van der Waals surface area (Å²) in [4.78, 5) is 10.9. The van der Waals surface area contributed by atoms with E-state index in [9.17, 15) is 14.3 Å². The van der Waals surface area contributed by atoms with Crippen LogP contribution in [0, 0.1) is 6.92 Å². The zero-order valence-corrected chi connectivity index (χ0v) is 8.44. The molecule has 0 radical (unpaired) electrons. The SMILES string of the molecule is CCOC(=O)[C@H](F)[C@@H](O)c1cc(C)on1. The van der Waals surface area contributed by atoms with Gasteiger partial charge in [-0.25, -0.2) is 9.18 Å². The molecule has 0 aliphatic rings. The van der Waals surface area contributed by atoms with E-state index in [-0.39, 0.29) is 12.3 Å². The molecule has 1 aromatic heterocycles. The predicted octanol–water partition coefficient (Wildman–Crippen LogP) is 0.918. The first-order valence-electron chi connectivity index (χ1n) is 4.48. The standard InChI is InChI=1S/C9H12FNO4/c1-3-14-9(13)7(10)8(12)6-4-5(2)15-11-6/h4,7-8,12H,3H2,1-2H3/t7-,8+/m1/s1. The van der Waals surface area contributed by atoms with Crippen molar-refractivity contribution in [2.75, 3.05) is 6.61 Å². The van der Waals surface area contributed by atoms with E-state index in [2.05, 4.69) is 14.4 Å². The molecule has 15 heavy (non-hydrogen) atoms. The fraction of sp³-hybridized carbons (Fsp3) is 0.556. The van der Waals surface area contributed by atoms with Crippen LogP contribution in [0.2, 0.25) is 0 Å². The number of hydrogen-bond acceptors (Lipinski definition) is 5. The number of rotatable bonds is 4. The zero-order chi connectivity index (χ0) is 11.4. The molecule has 2 atom stereocenters. The van der Waals surface area contributed by atoms with Crippen molar-refractivity contribution < 1.29 is 23.6 Å². The number of nitrogens with zero attached hydrogens (tertiary/aromatic N) is 1. The van der Waals surface area contributed by atoms with Gasteiger partial charge in [-0.1, -0.05) is 5.16 Å². The van der Waals surface area contributed by atoms with Gasteiger partial charge < -0.3 is 14.4 Å². The third-order valence-electron chi connectivity index (χ3n) is 1.74. The molecule has 1 aromatic rings. The molecule has 0 aliphatic carbocycles. The molecule has 0 saturated carbocycles. The maximum absolute atomic E-state index is 13.3. The summed E-state index contributed by atoms with van der Waals surface area (Å²) in [5.41, 5.74) is -0.0203. The minimum atomic E-state index is -2.14. The van der Waals surface area contributed by atoms with Gasteiger partial charge in [-0.15, -0.1) is 0 Å². The molecule has 5 nitrogen and oxygen atoms in total. The maximum Gasteiger partial charge on any atom is 0.343 e. The summed E-state index contributed by atoms with van der Waals surface area (Å²) in [6.45, 7) is 3.21. The number of carbonyl (C=O) groups excluding carboxylic acids is 1. The van der Waals surface area contributed by atoms with Crippen LogP contribution in [0.25, 0.3) is 0 Å². The van der Waals surface area contributed by atoms with Gasteiger partial charge in [0.25, 0.3) is 0 Å². The van der Waals surface area contributed by atoms with Crippen LogP contribution in [-0.2, 0) is 9.53 Å². The lowest BCUT2D eigenvalue weighted by atomic mass is 10.1. The fourth-order valence-electron chi connectivity index (χ4n) is 1.03. The third kappa shape index (κ3) is 2.76. The number of halogens is 1. The van der Waals surface area contributed by atoms with Crippen LogP contribution in [0.1, 0.15) is 24.5 Å². The van der Waals surface area contributed by atoms with Gasteiger partial charge in [0.15, 0.2) is 0 Å². The zero-order valence-electron chi connectivity index (χ0n) is 8.44. The number of esters is 1. The van der Waals surface area contributed by atoms with Gasteiger partial charge in [-0.3, -0.25) is 0 Å². The summed E-state index contributed by atoms with van der Waals surface area (Å²) in [5.74, 6) is -0.675. The van der Waals surface area contributed by atoms with E-state index in [4.69, 9.17) is 0 Å². The third-order valence-corrected chi connectivity index (χ3v) is 1.74. The Labute approximate surface area is 85.8 Å². The van der Waals surface area contributed by atoms with Crippen LogP contribution >= 0.6 is 0 Å². The predicted molar refractivity (Wildman–Crippen MR) is 47.7 cm³/mol. The Morgan fingerprint density at radius 3 is 2.93 bits per heavy atom. The van der Waals surface area contributed by atoms with Crippen molar-refractivity contribution >= 4 is 5.97 Å². The normalized spacial score (nSPS) is 14.7. The number of aliphatic hydroxyl groups excluding tert-OH is 1. The van der Waals surface area contributed by atoms with Crippen LogP contribution < -0.4 is 0 Å². The summed E-state index contributed by atoms with van der Waals surface area (Å²) in [5, 5.41) is 12.8. The minimum Gasteiger partial charge on any atom is -0.464 e. The average molecular weight is 217 g/mol. The van der Waals surface area contributed by atoms with Crippen molar-refractivity contribution in [1.29, 1.82) is 0 Å². The van der Waals surface area contributed by atoms with E-state index in [1.54, 1.807) is 13.8 Å². The number of aliphatic hydroxyl groups is 1. The van der Waals surface area contributed by atoms with Crippen molar-refractivity contribution in [1.82, 2.24) is 5.16 Å². The van der Waals surface area contributed by atoms with Crippen molar-refractivity contribution in [2.24, 2.45) is 0 Å². The van der Waals surface area contributed by atoms with Crippen LogP contribution in [-0.4, -0.2) is 29.0 Å². The van der Waals surface area contributed by atoms with E-state index < -0.39 is 18.2 Å². The second-order valence-electron chi connectivity index (χ2n) is 2.96. The molecule has 0 aliphatic heterocycles. The molecule has 0 aromatic carbocycles. The number of hydrogen-bond donors (Lipinski definition) is 1. The molecular weight excluding hydrogens is 205 g/mol. The molecule has 0 saturated heterocycles. The summed E-state index contributed by atoms with van der Waals surface area (Å²) >= 11 is 0. The first-order valence-corrected chi connectivity index (χ1v) is 4.48. The first kappa shape index (κ1) is 11.6. The molecule has 0 amide bonds. The Morgan fingerprint density at radius 2 is 2.47 bits per heavy atom. The molecular formula is C9H12FNO4. The molecule has 0 bridgehead atoms. The largest absolute Gasteiger partial charge is 0.464 e. The number of carbonyl (C=O) groups is 1. The van der Waals surface area contributed by atoms with E-state index in [0.29, 0.717) is 5.76 Å². The molecule has 1 heterocycles. The van der Waals surface area contributed by atoms with Gasteiger partial charge in [-0.2, -0.15) is 0 Å². The van der Waals surface area contributed by atoms with Crippen LogP contribution in [0.15, 0.2) is 10.6 Å². The lowest BCUT2D eigenvalue weighted by Gasteiger charge is -2.11. The average Bonchev–Trinajstić information content (AvgIpc) is 2.63. The number of alkyl halides is 1. The Balaban J connectivity index is 2.67. The van der Waals surface area contributed by atoms with E-state index >= 15 is 0 Å². The highest BCUT2D eigenvalue weighted by Crippen LogP contribution is 2.19. The second-order valence-corrected chi connectivity index (χ2v) is 2.96. The molecule has 0 spiro atoms. The lowest BCUT2D eigenvalue weighted by Crippen LogP contribution is -2.26. The Morgan fingerprint density at radius 1 is 1.80 bits per heavy atom. The highest BCUT2D eigenvalue weighted by molar-refractivity contribution is 5.75. The topological polar surface area (TPSA) is 72.6 Å². The van der Waals surface area contributed by atoms with Gasteiger partial charge in [0.05, 0.1) is 6.61 Å². The quantitative estimate of drug-likeness (QED) is 0.759. The summed E-state index contributed by atoms with van der Waals surface area (Å²) in [6.07, 6.45) is -3.80. The van der Waals surface area contributed by atoms with Gasteiger partial charge in [0, 0.05) is 6.07 Å². The Bertz CT molecular complexity index is 339. The van der Waals surface area contributed by atoms with Crippen molar-refractivity contribution in [3.05, 3.63) is 17.5 Å². The highest BCUT2D eigenvalue weighted by Gasteiger charge is 2.31. The summed E-state index contributed by atoms with van der Waals surface area (Å²) in [7, 11) is 0. The van der Waals surface area contributed by atoms with Crippen molar-refractivity contribution in [2.45, 2.75) is 26.1 Å². The molecule has 0 fully saturated rings. The minimum absolute atomic E-state index is 0.0203. The lowest BCUT2D eigenvalue weighted by molar-refractivity contribution is -0.153. The van der Waals surface area contributed by atoms with Gasteiger partial charge >= 0.3 is 5.97 Å². The van der Waals surface area contributed by atoms with Crippen LogP contribution in [0.3, 0.4) is 0 Å². The molecule has 1 rings (SSSR count). The number of aryl methyl sites for hydroxylation is 1. The van der Waals surface area contributed by atoms with Crippen molar-refractivity contribution in [3.8, 4) is 0 Å². The van der Waals surface area contributed by atoms with Gasteiger partial charge in [0.2, 0.25) is 6.17 Å². The Kier molecular flexibility index (Phi) is 3.79. The van der Waals surface area contributed by atoms with Gasteiger partial charge in [-0.05, 0) is 13.8 Å². The van der Waals surface area contributed by atoms with Gasteiger partial charge in [0.1, 0.15) is 17.6 Å². The second kappa shape index (κ2) is 4.88. The van der Waals surface area contributed by atoms with E-state index in [1.807, 2.05) is 0 Å². The number of ether oxygens (including phenoxy) is 1. The number of aromatic nitrogens is 1. The van der Waals surface area contributed by atoms with E-state index in [0.717, 1.165) is 0 Å². The highest BCUT2D eigenvalue weighted by atomic mass is 19.1. The maximum atomic E-state index is 13.3. The molecule has 6 heteroatoms. The summed E-state index contributed by atoms with van der Waals surface area (Å²) < 4.78 is 22.3. The fourth-order valence-corrected chi connectivity index (χ4v) is 1.03. The van der Waals surface area contributed by atoms with E-state index in [1.165, 1.54) is 6.07 Å². The van der Waals surface area contributed by atoms with Crippen LogP contribution in [0.4, 0.5) is 4.39 Å². The smallest absolute Gasteiger partial charge is 0.343 e. The first-order chi connectivity index (χ1) is 7.06. The molecule has 84 valence electrons.